The molecule has 0 aliphatic carbocycles. The molecule has 1 atom stereocenters. The Morgan fingerprint density at radius 2 is 1.66 bits per heavy atom. The topological polar surface area (TPSA) is 122 Å². The lowest BCUT2D eigenvalue weighted by Gasteiger charge is -2.39. The summed E-state index contributed by atoms with van der Waals surface area (Å²) in [5, 5.41) is 23.9. The number of nitrogens with one attached hydrogen (secondary N) is 2. The van der Waals surface area contributed by atoms with Crippen molar-refractivity contribution in [3.63, 3.8) is 0 Å². The third-order valence-corrected chi connectivity index (χ3v) is 5.23. The Morgan fingerprint density at radius 1 is 1.00 bits per heavy atom. The molecule has 10 heteroatoms. The molecular formula is C22H25FN4O5. The first-order chi connectivity index (χ1) is 15.4. The zero-order chi connectivity index (χ0) is 23.1. The number of halogens is 1. The van der Waals surface area contributed by atoms with Crippen LogP contribution in [0, 0.1) is 5.82 Å². The van der Waals surface area contributed by atoms with Crippen molar-refractivity contribution < 1.29 is 29.0 Å². The predicted octanol–water partition coefficient (Wildman–Crippen LogP) is 1.87. The Morgan fingerprint density at radius 3 is 2.28 bits per heavy atom. The van der Waals surface area contributed by atoms with Crippen LogP contribution in [0.15, 0.2) is 48.5 Å². The van der Waals surface area contributed by atoms with Crippen molar-refractivity contribution in [3.05, 3.63) is 65.5 Å². The van der Waals surface area contributed by atoms with Crippen LogP contribution in [0.3, 0.4) is 0 Å². The van der Waals surface area contributed by atoms with Crippen LogP contribution in [0.25, 0.3) is 0 Å². The third-order valence-electron chi connectivity index (χ3n) is 5.23. The average molecular weight is 444 g/mol. The highest BCUT2D eigenvalue weighted by molar-refractivity contribution is 5.89. The van der Waals surface area contributed by atoms with Crippen LogP contribution in [-0.4, -0.2) is 70.3 Å². The number of anilines is 1. The Labute approximate surface area is 184 Å². The van der Waals surface area contributed by atoms with Crippen LogP contribution in [0.1, 0.15) is 11.1 Å². The number of carboxylic acid groups (broad SMARTS) is 1. The molecule has 2 aromatic rings. The molecule has 4 N–H and O–H groups in total. The highest BCUT2D eigenvalue weighted by Crippen LogP contribution is 2.14. The van der Waals surface area contributed by atoms with Gasteiger partial charge in [0.25, 0.3) is 0 Å². The first-order valence-corrected chi connectivity index (χ1v) is 10.1. The van der Waals surface area contributed by atoms with Gasteiger partial charge in [0.1, 0.15) is 5.82 Å². The summed E-state index contributed by atoms with van der Waals surface area (Å²) >= 11 is 0. The predicted molar refractivity (Wildman–Crippen MR) is 115 cm³/mol. The second-order valence-electron chi connectivity index (χ2n) is 7.46. The molecule has 1 heterocycles. The van der Waals surface area contributed by atoms with Crippen LogP contribution in [0.2, 0.25) is 0 Å². The fourth-order valence-corrected chi connectivity index (χ4v) is 3.44. The second-order valence-corrected chi connectivity index (χ2v) is 7.46. The molecule has 0 bridgehead atoms. The number of aliphatic hydroxyl groups excluding tert-OH is 1. The van der Waals surface area contributed by atoms with E-state index >= 15 is 0 Å². The number of carbonyl (C=O) groups excluding carboxylic acids is 2. The number of urea groups is 1. The summed E-state index contributed by atoms with van der Waals surface area (Å²) in [4.78, 5) is 38.5. The van der Waals surface area contributed by atoms with E-state index in [-0.39, 0.29) is 50.9 Å². The molecular weight excluding hydrogens is 419 g/mol. The summed E-state index contributed by atoms with van der Waals surface area (Å²) in [7, 11) is 0. The van der Waals surface area contributed by atoms with Crippen LogP contribution >= 0.6 is 0 Å². The molecule has 170 valence electrons. The Bertz CT molecular complexity index is 952. The van der Waals surface area contributed by atoms with Crippen molar-refractivity contribution in [1.29, 1.82) is 0 Å². The standard InChI is InChI=1S/C22H25FN4O5/c23-17-5-1-16(2-6-17)12-24-21(30)25-18-7-3-15(4-8-18)11-20(29)26-9-10-27(22(31)32)19(13-26)14-28/h1-8,19,28H,9-14H2,(H,31,32)(H2,24,25,30)/t19-/m0/s1. The van der Waals surface area contributed by atoms with Crippen LogP contribution < -0.4 is 10.6 Å². The van der Waals surface area contributed by atoms with Gasteiger partial charge in [-0.2, -0.15) is 0 Å². The van der Waals surface area contributed by atoms with Crippen molar-refractivity contribution in [1.82, 2.24) is 15.1 Å². The monoisotopic (exact) mass is 444 g/mol. The molecule has 9 nitrogen and oxygen atoms in total. The molecule has 4 amide bonds. The maximum atomic E-state index is 12.9. The summed E-state index contributed by atoms with van der Waals surface area (Å²) < 4.78 is 12.9. The minimum absolute atomic E-state index is 0.127. The van der Waals surface area contributed by atoms with Gasteiger partial charge in [-0.1, -0.05) is 24.3 Å². The molecule has 1 saturated heterocycles. The first-order valence-electron chi connectivity index (χ1n) is 10.1. The number of aliphatic hydroxyl groups is 1. The normalized spacial score (nSPS) is 15.9. The summed E-state index contributed by atoms with van der Waals surface area (Å²) in [6, 6.07) is 11.6. The summed E-state index contributed by atoms with van der Waals surface area (Å²) in [6.45, 7) is 0.482. The van der Waals surface area contributed by atoms with Crippen molar-refractivity contribution in [2.24, 2.45) is 0 Å². The maximum Gasteiger partial charge on any atom is 0.407 e. The molecule has 0 aromatic heterocycles. The van der Waals surface area contributed by atoms with E-state index in [9.17, 15) is 23.9 Å². The van der Waals surface area contributed by atoms with Gasteiger partial charge in [0.05, 0.1) is 19.1 Å². The number of hydrogen-bond donors (Lipinski definition) is 4. The largest absolute Gasteiger partial charge is 0.465 e. The number of hydrogen-bond acceptors (Lipinski definition) is 4. The van der Waals surface area contributed by atoms with Gasteiger partial charge < -0.3 is 25.7 Å². The van der Waals surface area contributed by atoms with E-state index in [4.69, 9.17) is 5.11 Å². The smallest absolute Gasteiger partial charge is 0.407 e. The highest BCUT2D eigenvalue weighted by atomic mass is 19.1. The van der Waals surface area contributed by atoms with Gasteiger partial charge in [-0.25, -0.2) is 14.0 Å². The zero-order valence-electron chi connectivity index (χ0n) is 17.3. The molecule has 0 saturated carbocycles. The number of carbonyl (C=O) groups is 3. The third kappa shape index (κ3) is 6.17. The molecule has 0 unspecified atom stereocenters. The molecule has 2 aromatic carbocycles. The molecule has 0 radical (unpaired) electrons. The molecule has 32 heavy (non-hydrogen) atoms. The van der Waals surface area contributed by atoms with E-state index in [1.54, 1.807) is 41.3 Å². The van der Waals surface area contributed by atoms with Gasteiger partial charge in [-0.05, 0) is 35.4 Å². The van der Waals surface area contributed by atoms with Crippen molar-refractivity contribution in [2.45, 2.75) is 19.0 Å². The fourth-order valence-electron chi connectivity index (χ4n) is 3.44. The van der Waals surface area contributed by atoms with Crippen LogP contribution in [-0.2, 0) is 17.8 Å². The van der Waals surface area contributed by atoms with E-state index in [1.165, 1.54) is 12.1 Å². The van der Waals surface area contributed by atoms with Crippen molar-refractivity contribution in [3.8, 4) is 0 Å². The van der Waals surface area contributed by atoms with Crippen LogP contribution in [0.4, 0.5) is 19.7 Å². The minimum atomic E-state index is -1.11. The van der Waals surface area contributed by atoms with Gasteiger partial charge >= 0.3 is 12.1 Å². The van der Waals surface area contributed by atoms with E-state index in [0.717, 1.165) is 16.0 Å². The zero-order valence-corrected chi connectivity index (χ0v) is 17.3. The van der Waals surface area contributed by atoms with Gasteiger partial charge in [0, 0.05) is 31.9 Å². The highest BCUT2D eigenvalue weighted by Gasteiger charge is 2.31. The molecule has 1 aliphatic rings. The average Bonchev–Trinajstić information content (AvgIpc) is 2.79. The van der Waals surface area contributed by atoms with Gasteiger partial charge in [-0.3, -0.25) is 9.69 Å². The summed E-state index contributed by atoms with van der Waals surface area (Å²) in [5.74, 6) is -0.501. The maximum absolute atomic E-state index is 12.9. The fraction of sp³-hybridized carbons (Fsp3) is 0.318. The lowest BCUT2D eigenvalue weighted by molar-refractivity contribution is -0.133. The van der Waals surface area contributed by atoms with E-state index in [2.05, 4.69) is 10.6 Å². The Hall–Kier alpha value is -3.66. The van der Waals surface area contributed by atoms with E-state index < -0.39 is 18.2 Å². The minimum Gasteiger partial charge on any atom is -0.465 e. The number of rotatable bonds is 6. The first kappa shape index (κ1) is 23.0. The molecule has 3 rings (SSSR count). The Balaban J connectivity index is 1.47. The van der Waals surface area contributed by atoms with E-state index in [0.29, 0.717) is 5.69 Å². The second kappa shape index (κ2) is 10.6. The lowest BCUT2D eigenvalue weighted by Crippen LogP contribution is -2.57. The van der Waals surface area contributed by atoms with Crippen LogP contribution in [0.5, 0.6) is 0 Å². The Kier molecular flexibility index (Phi) is 7.61. The van der Waals surface area contributed by atoms with Gasteiger partial charge in [0.15, 0.2) is 0 Å². The number of benzene rings is 2. The SMILES string of the molecule is O=C(NCc1ccc(F)cc1)Nc1ccc(CC(=O)N2CCN(C(=O)O)[C@H](CO)C2)cc1. The summed E-state index contributed by atoms with van der Waals surface area (Å²) in [5.41, 5.74) is 2.06. The van der Waals surface area contributed by atoms with Crippen molar-refractivity contribution in [2.75, 3.05) is 31.6 Å². The lowest BCUT2D eigenvalue weighted by atomic mass is 10.1. The van der Waals surface area contributed by atoms with E-state index in [1.807, 2.05) is 0 Å². The molecule has 1 aliphatic heterocycles. The molecule has 0 spiro atoms. The number of amides is 4. The quantitative estimate of drug-likeness (QED) is 0.542. The van der Waals surface area contributed by atoms with Crippen molar-refractivity contribution >= 4 is 23.7 Å². The summed E-state index contributed by atoms with van der Waals surface area (Å²) in [6.07, 6.45) is -0.983. The van der Waals surface area contributed by atoms with Gasteiger partial charge in [0.2, 0.25) is 5.91 Å². The van der Waals surface area contributed by atoms with Gasteiger partial charge in [-0.15, -0.1) is 0 Å². The molecule has 1 fully saturated rings. The number of nitrogens with zero attached hydrogens (tertiary/aromatic N) is 2. The number of piperazine rings is 1.